The number of carbonyl (C=O) groups excluding carboxylic acids is 1. The van der Waals surface area contributed by atoms with Crippen LogP contribution in [0.3, 0.4) is 0 Å². The van der Waals surface area contributed by atoms with Gasteiger partial charge < -0.3 is 24.7 Å². The van der Waals surface area contributed by atoms with Crippen molar-refractivity contribution in [1.29, 1.82) is 0 Å². The van der Waals surface area contributed by atoms with Crippen LogP contribution in [0.25, 0.3) is 0 Å². The van der Waals surface area contributed by atoms with Gasteiger partial charge >= 0.3 is 0 Å². The van der Waals surface area contributed by atoms with E-state index < -0.39 is 5.60 Å². The number of piperazine rings is 1. The van der Waals surface area contributed by atoms with Crippen molar-refractivity contribution in [2.24, 2.45) is 0 Å². The van der Waals surface area contributed by atoms with Crippen LogP contribution in [0.1, 0.15) is 40.1 Å². The highest BCUT2D eigenvalue weighted by atomic mass is 19.1. The second-order valence-corrected chi connectivity index (χ2v) is 10.0. The standard InChI is InChI=1S/C29H35FN4O4/c1-29(37,21-11-12-31-23(15-21)18-35)19-33-13-14-34(27(17-33)20-5-7-22(30)8-6-20)26-10-9-24(38-4)16-25(26)28(36)32(2)3/h5-12,15-16,27,35,37H,13-14,17-19H2,1-4H3/t27-,29+/m0/s1. The topological polar surface area (TPSA) is 89.4 Å². The summed E-state index contributed by atoms with van der Waals surface area (Å²) in [6.45, 7) is 3.65. The SMILES string of the molecule is COc1ccc(N2CCN(C[C@@](C)(O)c3ccnc(CO)c3)C[C@H]2c2ccc(F)cc2)c(C(=O)N(C)C)c1. The number of aliphatic hydroxyl groups excluding tert-OH is 1. The highest BCUT2D eigenvalue weighted by Crippen LogP contribution is 2.36. The molecule has 2 N–H and O–H groups in total. The smallest absolute Gasteiger partial charge is 0.255 e. The average Bonchev–Trinajstić information content (AvgIpc) is 2.92. The first kappa shape index (κ1) is 27.5. The lowest BCUT2D eigenvalue weighted by molar-refractivity contribution is 0.0101. The number of carbonyl (C=O) groups is 1. The number of benzene rings is 2. The summed E-state index contributed by atoms with van der Waals surface area (Å²) in [5, 5.41) is 20.9. The molecule has 0 unspecified atom stereocenters. The number of hydrogen-bond donors (Lipinski definition) is 2. The van der Waals surface area contributed by atoms with Crippen LogP contribution in [0, 0.1) is 5.82 Å². The van der Waals surface area contributed by atoms with Gasteiger partial charge in [-0.15, -0.1) is 0 Å². The van der Waals surface area contributed by atoms with Gasteiger partial charge in [0.25, 0.3) is 5.91 Å². The van der Waals surface area contributed by atoms with Crippen LogP contribution in [0.2, 0.25) is 0 Å². The van der Waals surface area contributed by atoms with E-state index >= 15 is 0 Å². The quantitative estimate of drug-likeness (QED) is 0.470. The summed E-state index contributed by atoms with van der Waals surface area (Å²) >= 11 is 0. The van der Waals surface area contributed by atoms with Gasteiger partial charge in [0.1, 0.15) is 11.6 Å². The Morgan fingerprint density at radius 1 is 1.16 bits per heavy atom. The monoisotopic (exact) mass is 522 g/mol. The molecule has 9 heteroatoms. The molecule has 3 aromatic rings. The molecule has 8 nitrogen and oxygen atoms in total. The van der Waals surface area contributed by atoms with Crippen LogP contribution >= 0.6 is 0 Å². The van der Waals surface area contributed by atoms with Crippen molar-refractivity contribution in [2.45, 2.75) is 25.2 Å². The lowest BCUT2D eigenvalue weighted by atomic mass is 9.93. The van der Waals surface area contributed by atoms with Gasteiger partial charge in [0, 0.05) is 46.5 Å². The predicted octanol–water partition coefficient (Wildman–Crippen LogP) is 3.19. The van der Waals surface area contributed by atoms with Gasteiger partial charge in [-0.25, -0.2) is 4.39 Å². The summed E-state index contributed by atoms with van der Waals surface area (Å²) in [6, 6.07) is 15.2. The van der Waals surface area contributed by atoms with E-state index in [1.54, 1.807) is 64.7 Å². The van der Waals surface area contributed by atoms with Crippen molar-refractivity contribution in [3.8, 4) is 5.75 Å². The largest absolute Gasteiger partial charge is 0.497 e. The minimum atomic E-state index is -1.19. The Morgan fingerprint density at radius 2 is 1.89 bits per heavy atom. The van der Waals surface area contributed by atoms with Crippen molar-refractivity contribution in [1.82, 2.24) is 14.8 Å². The maximum absolute atomic E-state index is 13.8. The van der Waals surface area contributed by atoms with E-state index in [1.807, 2.05) is 12.1 Å². The number of aliphatic hydroxyl groups is 2. The normalized spacial score (nSPS) is 17.7. The number of pyridine rings is 1. The lowest BCUT2D eigenvalue weighted by Gasteiger charge is -2.45. The number of hydrogen-bond acceptors (Lipinski definition) is 7. The zero-order valence-corrected chi connectivity index (χ0v) is 22.3. The van der Waals surface area contributed by atoms with E-state index in [-0.39, 0.29) is 24.4 Å². The van der Waals surface area contributed by atoms with Gasteiger partial charge in [-0.2, -0.15) is 0 Å². The summed E-state index contributed by atoms with van der Waals surface area (Å²) in [5.41, 5.74) is 2.18. The number of halogens is 1. The molecule has 1 aromatic heterocycles. The summed E-state index contributed by atoms with van der Waals surface area (Å²) in [5.74, 6) is 0.132. The van der Waals surface area contributed by atoms with Gasteiger partial charge in [-0.1, -0.05) is 12.1 Å². The van der Waals surface area contributed by atoms with Crippen molar-refractivity contribution in [3.05, 3.63) is 89.0 Å². The first-order chi connectivity index (χ1) is 18.1. The fraction of sp³-hybridized carbons (Fsp3) is 0.379. The maximum atomic E-state index is 13.8. The summed E-state index contributed by atoms with van der Waals surface area (Å²) in [7, 11) is 4.99. The summed E-state index contributed by atoms with van der Waals surface area (Å²) in [6.07, 6.45) is 1.58. The second-order valence-electron chi connectivity index (χ2n) is 10.0. The van der Waals surface area contributed by atoms with Crippen LogP contribution in [0.15, 0.2) is 60.8 Å². The van der Waals surface area contributed by atoms with Gasteiger partial charge in [-0.05, 0) is 60.5 Å². The number of rotatable bonds is 8. The van der Waals surface area contributed by atoms with Crippen LogP contribution in [-0.4, -0.2) is 78.3 Å². The molecule has 1 aliphatic heterocycles. The molecular formula is C29H35FN4O4. The Hall–Kier alpha value is -3.53. The number of amides is 1. The Balaban J connectivity index is 1.68. The van der Waals surface area contributed by atoms with Gasteiger partial charge in [0.2, 0.25) is 0 Å². The first-order valence-electron chi connectivity index (χ1n) is 12.6. The molecule has 4 rings (SSSR count). The van der Waals surface area contributed by atoms with E-state index in [9.17, 15) is 19.4 Å². The van der Waals surface area contributed by atoms with Gasteiger partial charge in [-0.3, -0.25) is 14.7 Å². The minimum absolute atomic E-state index is 0.139. The Morgan fingerprint density at radius 3 is 2.55 bits per heavy atom. The highest BCUT2D eigenvalue weighted by molar-refractivity contribution is 6.00. The molecule has 202 valence electrons. The van der Waals surface area contributed by atoms with Crippen molar-refractivity contribution in [3.63, 3.8) is 0 Å². The second kappa shape index (κ2) is 11.5. The predicted molar refractivity (Wildman–Crippen MR) is 144 cm³/mol. The fourth-order valence-electron chi connectivity index (χ4n) is 4.97. The van der Waals surface area contributed by atoms with Crippen LogP contribution < -0.4 is 9.64 Å². The molecule has 0 spiro atoms. The van der Waals surface area contributed by atoms with Crippen LogP contribution in [0.4, 0.5) is 10.1 Å². The number of ether oxygens (including phenoxy) is 1. The molecule has 2 aromatic carbocycles. The summed E-state index contributed by atoms with van der Waals surface area (Å²) < 4.78 is 19.2. The van der Waals surface area contributed by atoms with Crippen molar-refractivity contribution >= 4 is 11.6 Å². The molecule has 1 saturated heterocycles. The Kier molecular flexibility index (Phi) is 8.30. The Bertz CT molecular complexity index is 1270. The number of nitrogens with zero attached hydrogens (tertiary/aromatic N) is 4. The van der Waals surface area contributed by atoms with Crippen molar-refractivity contribution < 1.29 is 24.1 Å². The minimum Gasteiger partial charge on any atom is -0.497 e. The maximum Gasteiger partial charge on any atom is 0.255 e. The van der Waals surface area contributed by atoms with E-state index in [0.717, 1.165) is 11.3 Å². The molecule has 0 radical (unpaired) electrons. The average molecular weight is 523 g/mol. The molecule has 0 bridgehead atoms. The molecule has 0 aliphatic carbocycles. The van der Waals surface area contributed by atoms with Crippen LogP contribution in [0.5, 0.6) is 5.75 Å². The molecule has 1 amide bonds. The molecule has 38 heavy (non-hydrogen) atoms. The molecule has 1 fully saturated rings. The van der Waals surface area contributed by atoms with E-state index in [2.05, 4.69) is 14.8 Å². The number of β-amino-alcohol motifs (C(OH)–C–C–N with tert-alkyl or cyclic N) is 1. The molecular weight excluding hydrogens is 487 g/mol. The fourth-order valence-corrected chi connectivity index (χ4v) is 4.97. The zero-order valence-electron chi connectivity index (χ0n) is 22.3. The van der Waals surface area contributed by atoms with E-state index in [0.29, 0.717) is 48.7 Å². The van der Waals surface area contributed by atoms with Crippen molar-refractivity contribution in [2.75, 3.05) is 52.3 Å². The molecule has 0 saturated carbocycles. The first-order valence-corrected chi connectivity index (χ1v) is 12.6. The number of methoxy groups -OCH3 is 1. The summed E-state index contributed by atoms with van der Waals surface area (Å²) in [4.78, 5) is 23.1. The van der Waals surface area contributed by atoms with Crippen LogP contribution in [-0.2, 0) is 12.2 Å². The van der Waals surface area contributed by atoms with E-state index in [4.69, 9.17) is 4.74 Å². The highest BCUT2D eigenvalue weighted by Gasteiger charge is 2.35. The lowest BCUT2D eigenvalue weighted by Crippen LogP contribution is -2.52. The molecule has 2 atom stereocenters. The number of aromatic nitrogens is 1. The van der Waals surface area contributed by atoms with E-state index in [1.165, 1.54) is 17.0 Å². The molecule has 2 heterocycles. The Labute approximate surface area is 222 Å². The molecule has 1 aliphatic rings. The van der Waals surface area contributed by atoms with Gasteiger partial charge in [0.15, 0.2) is 0 Å². The third-order valence-corrected chi connectivity index (χ3v) is 7.00. The number of anilines is 1. The zero-order chi connectivity index (χ0) is 27.4. The third kappa shape index (κ3) is 5.96. The van der Waals surface area contributed by atoms with Gasteiger partial charge in [0.05, 0.1) is 42.3 Å². The third-order valence-electron chi connectivity index (χ3n) is 7.00.